The van der Waals surface area contributed by atoms with Gasteiger partial charge in [0.25, 0.3) is 0 Å². The summed E-state index contributed by atoms with van der Waals surface area (Å²) in [5.41, 5.74) is 5.54. The molecule has 23 heavy (non-hydrogen) atoms. The first-order valence-corrected chi connectivity index (χ1v) is 7.65. The Kier molecular flexibility index (Phi) is 4.72. The lowest BCUT2D eigenvalue weighted by atomic mass is 10.2. The minimum Gasteiger partial charge on any atom is -0.378 e. The van der Waals surface area contributed by atoms with E-state index in [1.165, 1.54) is 0 Å². The summed E-state index contributed by atoms with van der Waals surface area (Å²) in [5, 5.41) is 14.4. The quantitative estimate of drug-likeness (QED) is 0.583. The van der Waals surface area contributed by atoms with Crippen molar-refractivity contribution in [2.45, 2.75) is 18.9 Å². The maximum atomic E-state index is 11.3. The Hall–Kier alpha value is -2.20. The van der Waals surface area contributed by atoms with Crippen molar-refractivity contribution in [3.63, 3.8) is 0 Å². The highest BCUT2D eigenvalue weighted by Crippen LogP contribution is 2.32. The largest absolute Gasteiger partial charge is 0.378 e. The molecule has 1 unspecified atom stereocenters. The number of rotatable bonds is 5. The van der Waals surface area contributed by atoms with Crippen LogP contribution in [0.15, 0.2) is 0 Å². The molecule has 0 amide bonds. The average Bonchev–Trinajstić information content (AvgIpc) is 3.06. The third kappa shape index (κ3) is 3.59. The van der Waals surface area contributed by atoms with Gasteiger partial charge in [-0.15, -0.1) is 0 Å². The number of nitro groups is 1. The van der Waals surface area contributed by atoms with Crippen LogP contribution < -0.4 is 16.0 Å². The van der Waals surface area contributed by atoms with Crippen LogP contribution in [0.5, 0.6) is 0 Å². The van der Waals surface area contributed by atoms with Gasteiger partial charge < -0.3 is 25.4 Å². The second kappa shape index (κ2) is 6.92. The van der Waals surface area contributed by atoms with E-state index >= 15 is 0 Å². The Morgan fingerprint density at radius 3 is 2.78 bits per heavy atom. The lowest BCUT2D eigenvalue weighted by Gasteiger charge is -2.27. The van der Waals surface area contributed by atoms with Gasteiger partial charge in [-0.2, -0.15) is 9.97 Å². The molecule has 10 heteroatoms. The van der Waals surface area contributed by atoms with Gasteiger partial charge in [-0.05, 0) is 12.8 Å². The molecule has 3 N–H and O–H groups in total. The van der Waals surface area contributed by atoms with Crippen molar-refractivity contribution < 1.29 is 14.4 Å². The van der Waals surface area contributed by atoms with Gasteiger partial charge >= 0.3 is 5.69 Å². The van der Waals surface area contributed by atoms with Crippen molar-refractivity contribution in [1.29, 1.82) is 0 Å². The summed E-state index contributed by atoms with van der Waals surface area (Å²) in [6, 6.07) is 0. The van der Waals surface area contributed by atoms with Crippen LogP contribution in [0.3, 0.4) is 0 Å². The molecular formula is C13H20N6O4. The summed E-state index contributed by atoms with van der Waals surface area (Å²) in [7, 11) is 0. The lowest BCUT2D eigenvalue weighted by molar-refractivity contribution is -0.383. The summed E-state index contributed by atoms with van der Waals surface area (Å²) in [5.74, 6) is 0.382. The molecule has 0 radical (unpaired) electrons. The predicted octanol–water partition coefficient (Wildman–Crippen LogP) is 0.395. The molecule has 126 valence electrons. The van der Waals surface area contributed by atoms with Gasteiger partial charge in [-0.1, -0.05) is 0 Å². The first kappa shape index (κ1) is 15.7. The van der Waals surface area contributed by atoms with Crippen molar-refractivity contribution in [1.82, 2.24) is 9.97 Å². The fourth-order valence-corrected chi connectivity index (χ4v) is 2.72. The molecule has 2 aliphatic rings. The number of anilines is 3. The van der Waals surface area contributed by atoms with Gasteiger partial charge in [0.15, 0.2) is 0 Å². The number of nitrogens with zero attached hydrogens (tertiary/aromatic N) is 4. The summed E-state index contributed by atoms with van der Waals surface area (Å²) in [6.07, 6.45) is 2.13. The van der Waals surface area contributed by atoms with Crippen LogP contribution >= 0.6 is 0 Å². The highest BCUT2D eigenvalue weighted by atomic mass is 16.6. The number of hydrogen-bond donors (Lipinski definition) is 2. The van der Waals surface area contributed by atoms with E-state index in [1.54, 1.807) is 4.90 Å². The monoisotopic (exact) mass is 324 g/mol. The second-order valence-corrected chi connectivity index (χ2v) is 5.48. The van der Waals surface area contributed by atoms with E-state index in [0.717, 1.165) is 19.4 Å². The molecular weight excluding hydrogens is 304 g/mol. The topological polar surface area (TPSA) is 129 Å². The summed E-state index contributed by atoms with van der Waals surface area (Å²) < 4.78 is 10.8. The van der Waals surface area contributed by atoms with E-state index in [0.29, 0.717) is 32.8 Å². The number of nitrogen functional groups attached to an aromatic ring is 1. The molecule has 2 saturated heterocycles. The third-order valence-electron chi connectivity index (χ3n) is 3.90. The molecule has 2 fully saturated rings. The van der Waals surface area contributed by atoms with E-state index < -0.39 is 4.92 Å². The number of ether oxygens (including phenoxy) is 2. The van der Waals surface area contributed by atoms with Gasteiger partial charge in [-0.3, -0.25) is 10.1 Å². The van der Waals surface area contributed by atoms with Gasteiger partial charge in [0, 0.05) is 26.2 Å². The summed E-state index contributed by atoms with van der Waals surface area (Å²) >= 11 is 0. The Bertz CT molecular complexity index is 572. The number of hydrogen-bond acceptors (Lipinski definition) is 9. The van der Waals surface area contributed by atoms with Crippen LogP contribution in [0.25, 0.3) is 0 Å². The van der Waals surface area contributed by atoms with Crippen molar-refractivity contribution in [3.8, 4) is 0 Å². The molecule has 1 aromatic rings. The molecule has 0 saturated carbocycles. The molecule has 0 spiro atoms. The normalized spacial score (nSPS) is 21.4. The fraction of sp³-hybridized carbons (Fsp3) is 0.692. The zero-order valence-electron chi connectivity index (χ0n) is 12.7. The number of aromatic nitrogens is 2. The van der Waals surface area contributed by atoms with E-state index in [1.807, 2.05) is 0 Å². The third-order valence-corrected chi connectivity index (χ3v) is 3.90. The molecule has 0 aromatic carbocycles. The molecule has 3 heterocycles. The molecule has 0 bridgehead atoms. The Balaban J connectivity index is 1.82. The van der Waals surface area contributed by atoms with Gasteiger partial charge in [0.05, 0.1) is 24.2 Å². The number of nitrogens with two attached hydrogens (primary N) is 1. The van der Waals surface area contributed by atoms with Crippen molar-refractivity contribution in [2.24, 2.45) is 0 Å². The standard InChI is InChI=1S/C13H20N6O4/c14-11-10(19(20)21)12(18-3-6-22-7-4-18)17-13(16-11)15-8-9-2-1-5-23-9/h9H,1-8H2,(H3,14,15,16,17). The van der Waals surface area contributed by atoms with E-state index in [2.05, 4.69) is 15.3 Å². The van der Waals surface area contributed by atoms with Crippen molar-refractivity contribution >= 4 is 23.3 Å². The molecule has 2 aliphatic heterocycles. The Morgan fingerprint density at radius 2 is 2.13 bits per heavy atom. The average molecular weight is 324 g/mol. The van der Waals surface area contributed by atoms with Crippen LogP contribution in [0.1, 0.15) is 12.8 Å². The van der Waals surface area contributed by atoms with Crippen LogP contribution in [0, 0.1) is 10.1 Å². The molecule has 10 nitrogen and oxygen atoms in total. The highest BCUT2D eigenvalue weighted by molar-refractivity contribution is 5.71. The zero-order valence-corrected chi connectivity index (χ0v) is 12.7. The number of nitrogens with one attached hydrogen (secondary N) is 1. The van der Waals surface area contributed by atoms with Gasteiger partial charge in [0.2, 0.25) is 17.6 Å². The predicted molar refractivity (Wildman–Crippen MR) is 83.6 cm³/mol. The van der Waals surface area contributed by atoms with Crippen molar-refractivity contribution in [2.75, 3.05) is 55.4 Å². The van der Waals surface area contributed by atoms with E-state index in [9.17, 15) is 10.1 Å². The Morgan fingerprint density at radius 1 is 1.35 bits per heavy atom. The molecule has 1 atom stereocenters. The SMILES string of the molecule is Nc1nc(NCC2CCCO2)nc(N2CCOCC2)c1[N+](=O)[O-]. The van der Waals surface area contributed by atoms with Crippen LogP contribution in [-0.4, -0.2) is 60.5 Å². The van der Waals surface area contributed by atoms with E-state index in [4.69, 9.17) is 15.2 Å². The van der Waals surface area contributed by atoms with E-state index in [-0.39, 0.29) is 29.4 Å². The van der Waals surface area contributed by atoms with Crippen LogP contribution in [0.2, 0.25) is 0 Å². The lowest BCUT2D eigenvalue weighted by Crippen LogP contribution is -2.37. The number of morpholine rings is 1. The smallest absolute Gasteiger partial charge is 0.353 e. The summed E-state index contributed by atoms with van der Waals surface area (Å²) in [4.78, 5) is 20.9. The van der Waals surface area contributed by atoms with Crippen LogP contribution in [0.4, 0.5) is 23.3 Å². The fourth-order valence-electron chi connectivity index (χ4n) is 2.72. The minimum absolute atomic E-state index is 0.113. The maximum Gasteiger partial charge on any atom is 0.353 e. The highest BCUT2D eigenvalue weighted by Gasteiger charge is 2.28. The second-order valence-electron chi connectivity index (χ2n) is 5.48. The molecule has 0 aliphatic carbocycles. The Labute approximate surface area is 133 Å². The zero-order chi connectivity index (χ0) is 16.2. The minimum atomic E-state index is -0.538. The molecule has 3 rings (SSSR count). The molecule has 1 aromatic heterocycles. The van der Waals surface area contributed by atoms with Crippen LogP contribution in [-0.2, 0) is 9.47 Å². The van der Waals surface area contributed by atoms with Crippen molar-refractivity contribution in [3.05, 3.63) is 10.1 Å². The first-order valence-electron chi connectivity index (χ1n) is 7.65. The van der Waals surface area contributed by atoms with Gasteiger partial charge in [-0.25, -0.2) is 0 Å². The summed E-state index contributed by atoms with van der Waals surface area (Å²) in [6.45, 7) is 3.37. The maximum absolute atomic E-state index is 11.3. The van der Waals surface area contributed by atoms with Gasteiger partial charge in [0.1, 0.15) is 0 Å². The first-order chi connectivity index (χ1) is 11.1.